The SMILES string of the molecule is CN(C)C(=O)CN(CCCCc1ccc2c(n1)NCCC2)CCC(Nc1ccnc(C(F)(F)F)n1)C(=O)O. The second-order valence-corrected chi connectivity index (χ2v) is 9.45. The summed E-state index contributed by atoms with van der Waals surface area (Å²) in [5, 5.41) is 15.5. The lowest BCUT2D eigenvalue weighted by atomic mass is 10.1. The van der Waals surface area contributed by atoms with Crippen molar-refractivity contribution in [3.63, 3.8) is 0 Å². The van der Waals surface area contributed by atoms with Crippen LogP contribution in [0.3, 0.4) is 0 Å². The van der Waals surface area contributed by atoms with Crippen LogP contribution in [-0.4, -0.2) is 88.1 Å². The van der Waals surface area contributed by atoms with Gasteiger partial charge in [-0.1, -0.05) is 6.07 Å². The quantitative estimate of drug-likeness (QED) is 0.331. The molecule has 3 N–H and O–H groups in total. The van der Waals surface area contributed by atoms with E-state index in [1.54, 1.807) is 14.1 Å². The fourth-order valence-electron chi connectivity index (χ4n) is 4.08. The van der Waals surface area contributed by atoms with Crippen LogP contribution in [0.4, 0.5) is 24.8 Å². The van der Waals surface area contributed by atoms with Crippen LogP contribution >= 0.6 is 0 Å². The topological polar surface area (TPSA) is 124 Å². The number of unbranched alkanes of at least 4 members (excludes halogenated alkanes) is 1. The number of carbonyl (C=O) groups is 2. The highest BCUT2D eigenvalue weighted by Gasteiger charge is 2.35. The van der Waals surface area contributed by atoms with Gasteiger partial charge in [-0.3, -0.25) is 9.69 Å². The molecule has 38 heavy (non-hydrogen) atoms. The molecule has 3 rings (SSSR count). The molecule has 0 fully saturated rings. The van der Waals surface area contributed by atoms with Gasteiger partial charge in [0.05, 0.1) is 6.54 Å². The zero-order valence-electron chi connectivity index (χ0n) is 21.6. The predicted molar refractivity (Wildman–Crippen MR) is 136 cm³/mol. The first-order valence-corrected chi connectivity index (χ1v) is 12.6. The number of aliphatic carboxylic acids is 1. The van der Waals surface area contributed by atoms with Gasteiger partial charge in [-0.25, -0.2) is 19.7 Å². The monoisotopic (exact) mass is 537 g/mol. The van der Waals surface area contributed by atoms with Crippen LogP contribution in [0.25, 0.3) is 0 Å². The third kappa shape index (κ3) is 8.82. The Morgan fingerprint density at radius 1 is 1.16 bits per heavy atom. The average molecular weight is 538 g/mol. The van der Waals surface area contributed by atoms with Crippen molar-refractivity contribution < 1.29 is 27.9 Å². The van der Waals surface area contributed by atoms with E-state index < -0.39 is 24.0 Å². The zero-order chi connectivity index (χ0) is 27.7. The molecule has 0 radical (unpaired) electrons. The van der Waals surface area contributed by atoms with Crippen LogP contribution in [-0.2, 0) is 28.6 Å². The van der Waals surface area contributed by atoms with E-state index >= 15 is 0 Å². The first kappa shape index (κ1) is 29.1. The summed E-state index contributed by atoms with van der Waals surface area (Å²) in [7, 11) is 3.29. The number of likely N-dealkylation sites (N-methyl/N-ethyl adjacent to an activating group) is 1. The molecule has 208 valence electrons. The highest BCUT2D eigenvalue weighted by Crippen LogP contribution is 2.26. The van der Waals surface area contributed by atoms with Gasteiger partial charge in [-0.2, -0.15) is 13.2 Å². The standard InChI is InChI=1S/C25H34F3N7O3/c1-34(2)21(36)16-35(14-4-3-7-18-9-8-17-6-5-12-29-22(17)31-18)15-11-19(23(37)38)32-20-10-13-30-24(33-20)25(26,27)28/h8-10,13,19H,3-7,11-12,14-16H2,1-2H3,(H,29,31)(H,37,38)(H,30,32,33). The van der Waals surface area contributed by atoms with Gasteiger partial charge in [0, 0.05) is 39.1 Å². The van der Waals surface area contributed by atoms with Gasteiger partial charge >= 0.3 is 12.1 Å². The van der Waals surface area contributed by atoms with Gasteiger partial charge < -0.3 is 20.6 Å². The fourth-order valence-corrected chi connectivity index (χ4v) is 4.08. The van der Waals surface area contributed by atoms with Crippen molar-refractivity contribution in [1.29, 1.82) is 0 Å². The van der Waals surface area contributed by atoms with Crippen molar-refractivity contribution in [1.82, 2.24) is 24.8 Å². The second-order valence-electron chi connectivity index (χ2n) is 9.45. The molecule has 0 saturated carbocycles. The Bertz CT molecular complexity index is 1100. The van der Waals surface area contributed by atoms with Crippen LogP contribution in [0.2, 0.25) is 0 Å². The number of carboxylic acid groups (broad SMARTS) is 1. The Labute approximate surface area is 219 Å². The summed E-state index contributed by atoms with van der Waals surface area (Å²) in [4.78, 5) is 38.8. The number of hydrogen-bond donors (Lipinski definition) is 3. The molecule has 10 nitrogen and oxygen atoms in total. The van der Waals surface area contributed by atoms with E-state index in [1.807, 2.05) is 11.0 Å². The van der Waals surface area contributed by atoms with Gasteiger partial charge in [-0.05, 0) is 62.8 Å². The number of alkyl halides is 3. The van der Waals surface area contributed by atoms with Gasteiger partial charge in [-0.15, -0.1) is 0 Å². The van der Waals surface area contributed by atoms with Crippen molar-refractivity contribution in [3.05, 3.63) is 41.5 Å². The molecule has 1 unspecified atom stereocenters. The van der Waals surface area contributed by atoms with Gasteiger partial charge in [0.1, 0.15) is 17.7 Å². The number of nitrogens with zero attached hydrogens (tertiary/aromatic N) is 5. The van der Waals surface area contributed by atoms with Crippen molar-refractivity contribution >= 4 is 23.5 Å². The van der Waals surface area contributed by atoms with E-state index in [9.17, 15) is 27.9 Å². The van der Waals surface area contributed by atoms with E-state index in [2.05, 4.69) is 26.7 Å². The average Bonchev–Trinajstić information content (AvgIpc) is 2.87. The van der Waals surface area contributed by atoms with Gasteiger partial charge in [0.2, 0.25) is 11.7 Å². The fraction of sp³-hybridized carbons (Fsp3) is 0.560. The lowest BCUT2D eigenvalue weighted by molar-refractivity contribution is -0.144. The van der Waals surface area contributed by atoms with E-state index in [0.717, 1.165) is 56.4 Å². The molecule has 1 aliphatic rings. The molecule has 1 amide bonds. The molecular weight excluding hydrogens is 503 g/mol. The number of aryl methyl sites for hydroxylation is 2. The first-order valence-electron chi connectivity index (χ1n) is 12.6. The number of aromatic nitrogens is 3. The number of amides is 1. The lowest BCUT2D eigenvalue weighted by Crippen LogP contribution is -2.40. The molecule has 2 aromatic rings. The number of pyridine rings is 1. The highest BCUT2D eigenvalue weighted by molar-refractivity contribution is 5.78. The Hall–Kier alpha value is -3.48. The Balaban J connectivity index is 1.56. The normalized spacial score (nSPS) is 13.9. The van der Waals surface area contributed by atoms with Crippen molar-refractivity contribution in [3.8, 4) is 0 Å². The summed E-state index contributed by atoms with van der Waals surface area (Å²) in [6, 6.07) is 4.14. The second kappa shape index (κ2) is 13.4. The summed E-state index contributed by atoms with van der Waals surface area (Å²) < 4.78 is 38.7. The maximum Gasteiger partial charge on any atom is 0.451 e. The molecule has 0 bridgehead atoms. The third-order valence-electron chi connectivity index (χ3n) is 6.23. The number of halogens is 3. The number of carboxylic acids is 1. The summed E-state index contributed by atoms with van der Waals surface area (Å²) >= 11 is 0. The predicted octanol–water partition coefficient (Wildman–Crippen LogP) is 2.92. The number of nitrogens with one attached hydrogen (secondary N) is 2. The number of hydrogen-bond acceptors (Lipinski definition) is 8. The highest BCUT2D eigenvalue weighted by atomic mass is 19.4. The molecule has 13 heteroatoms. The molecule has 0 aliphatic carbocycles. The molecule has 0 saturated heterocycles. The smallest absolute Gasteiger partial charge is 0.451 e. The third-order valence-corrected chi connectivity index (χ3v) is 6.23. The number of rotatable bonds is 13. The van der Waals surface area contributed by atoms with Gasteiger partial charge in [0.25, 0.3) is 0 Å². The molecule has 0 spiro atoms. The summed E-state index contributed by atoms with van der Waals surface area (Å²) in [5.41, 5.74) is 2.22. The van der Waals surface area contributed by atoms with Gasteiger partial charge in [0.15, 0.2) is 0 Å². The molecule has 1 aliphatic heterocycles. The Kier molecular flexibility index (Phi) is 10.2. The number of carbonyl (C=O) groups excluding carboxylic acids is 1. The Morgan fingerprint density at radius 3 is 2.66 bits per heavy atom. The molecule has 1 atom stereocenters. The van der Waals surface area contributed by atoms with Crippen LogP contribution in [0.5, 0.6) is 0 Å². The lowest BCUT2D eigenvalue weighted by Gasteiger charge is -2.25. The van der Waals surface area contributed by atoms with Crippen molar-refractivity contribution in [2.24, 2.45) is 0 Å². The number of anilines is 2. The largest absolute Gasteiger partial charge is 0.480 e. The molecule has 3 heterocycles. The Morgan fingerprint density at radius 2 is 1.95 bits per heavy atom. The molecule has 0 aromatic carbocycles. The summed E-state index contributed by atoms with van der Waals surface area (Å²) in [6.45, 7) is 1.83. The van der Waals surface area contributed by atoms with Crippen molar-refractivity contribution in [2.75, 3.05) is 50.9 Å². The minimum Gasteiger partial charge on any atom is -0.480 e. The molecule has 2 aromatic heterocycles. The van der Waals surface area contributed by atoms with Crippen LogP contribution in [0.15, 0.2) is 24.4 Å². The minimum absolute atomic E-state index is 0.0550. The first-order chi connectivity index (χ1) is 18.0. The van der Waals surface area contributed by atoms with Crippen LogP contribution in [0.1, 0.15) is 42.8 Å². The molecular formula is C25H34F3N7O3. The maximum atomic E-state index is 12.9. The maximum absolute atomic E-state index is 12.9. The van der Waals surface area contributed by atoms with E-state index in [-0.39, 0.29) is 31.2 Å². The summed E-state index contributed by atoms with van der Waals surface area (Å²) in [5.74, 6) is -2.00. The zero-order valence-corrected chi connectivity index (χ0v) is 21.6. The van der Waals surface area contributed by atoms with E-state index in [1.165, 1.54) is 16.5 Å². The van der Waals surface area contributed by atoms with Crippen LogP contribution in [0, 0.1) is 0 Å². The summed E-state index contributed by atoms with van der Waals surface area (Å²) in [6.07, 6.45) is 0.730. The number of fused-ring (bicyclic) bond motifs is 1. The van der Waals surface area contributed by atoms with E-state index in [0.29, 0.717) is 6.54 Å². The van der Waals surface area contributed by atoms with Crippen molar-refractivity contribution in [2.45, 2.75) is 50.7 Å². The van der Waals surface area contributed by atoms with Crippen LogP contribution < -0.4 is 10.6 Å². The van der Waals surface area contributed by atoms with E-state index in [4.69, 9.17) is 4.98 Å². The minimum atomic E-state index is -4.75.